The Labute approximate surface area is 109 Å². The normalized spacial score (nSPS) is 15.5. The van der Waals surface area contributed by atoms with E-state index in [1.54, 1.807) is 0 Å². The third kappa shape index (κ3) is 5.42. The van der Waals surface area contributed by atoms with Crippen molar-refractivity contribution in [3.05, 3.63) is 0 Å². The minimum absolute atomic E-state index is 0.468. The molecule has 0 radical (unpaired) electrons. The van der Waals surface area contributed by atoms with E-state index in [1.807, 2.05) is 0 Å². The van der Waals surface area contributed by atoms with Gasteiger partial charge in [0.2, 0.25) is 0 Å². The van der Waals surface area contributed by atoms with Crippen molar-refractivity contribution in [2.24, 2.45) is 11.8 Å². The fourth-order valence-corrected chi connectivity index (χ4v) is 2.93. The molecule has 0 amide bonds. The maximum absolute atomic E-state index is 6.44. The molecule has 0 aliphatic heterocycles. The van der Waals surface area contributed by atoms with Crippen LogP contribution in [-0.2, 0) is 4.74 Å². The summed E-state index contributed by atoms with van der Waals surface area (Å²) in [6.45, 7) is 13.7. The summed E-state index contributed by atoms with van der Waals surface area (Å²) < 4.78 is 6.44. The molecule has 0 bridgehead atoms. The van der Waals surface area contributed by atoms with Crippen molar-refractivity contribution in [1.29, 1.82) is 0 Å². The van der Waals surface area contributed by atoms with Crippen molar-refractivity contribution < 1.29 is 4.74 Å². The van der Waals surface area contributed by atoms with E-state index in [0.717, 1.165) is 24.7 Å². The Morgan fingerprint density at radius 3 is 1.00 bits per heavy atom. The molecule has 0 fully saturated rings. The minimum atomic E-state index is 0.468. The number of ether oxygens (including phenoxy) is 1. The third-order valence-corrected chi connectivity index (χ3v) is 4.30. The summed E-state index contributed by atoms with van der Waals surface area (Å²) in [4.78, 5) is 0. The second-order valence-electron chi connectivity index (χ2n) is 5.18. The topological polar surface area (TPSA) is 9.23 Å². The van der Waals surface area contributed by atoms with Crippen LogP contribution in [0.5, 0.6) is 0 Å². The van der Waals surface area contributed by atoms with Crippen molar-refractivity contribution >= 4 is 0 Å². The van der Waals surface area contributed by atoms with E-state index in [9.17, 15) is 0 Å². The van der Waals surface area contributed by atoms with E-state index in [1.165, 1.54) is 25.7 Å². The molecule has 0 aromatic rings. The van der Waals surface area contributed by atoms with Crippen LogP contribution in [0.15, 0.2) is 0 Å². The molecule has 2 atom stereocenters. The molecular weight excluding hydrogens is 208 g/mol. The zero-order valence-electron chi connectivity index (χ0n) is 13.0. The standard InChI is InChI=1S/C16H34O/c1-7-13(8-2)15(11-5)17-16(12-6)14(9-3)10-4/h13-16H,7-12H2,1-6H3. The summed E-state index contributed by atoms with van der Waals surface area (Å²) in [6, 6.07) is 0. The van der Waals surface area contributed by atoms with E-state index >= 15 is 0 Å². The molecule has 0 saturated heterocycles. The first-order valence-corrected chi connectivity index (χ1v) is 7.83. The number of rotatable bonds is 10. The zero-order chi connectivity index (χ0) is 13.3. The Kier molecular flexibility index (Phi) is 9.91. The Balaban J connectivity index is 4.49. The van der Waals surface area contributed by atoms with Crippen molar-refractivity contribution in [3.63, 3.8) is 0 Å². The van der Waals surface area contributed by atoms with Crippen LogP contribution in [0.25, 0.3) is 0 Å². The molecule has 0 saturated carbocycles. The van der Waals surface area contributed by atoms with E-state index in [2.05, 4.69) is 41.5 Å². The summed E-state index contributed by atoms with van der Waals surface area (Å²) in [5.74, 6) is 1.48. The van der Waals surface area contributed by atoms with Gasteiger partial charge in [-0.15, -0.1) is 0 Å². The first-order chi connectivity index (χ1) is 8.18. The van der Waals surface area contributed by atoms with Crippen LogP contribution >= 0.6 is 0 Å². The van der Waals surface area contributed by atoms with Gasteiger partial charge in [-0.05, 0) is 24.7 Å². The van der Waals surface area contributed by atoms with Gasteiger partial charge in [-0.25, -0.2) is 0 Å². The summed E-state index contributed by atoms with van der Waals surface area (Å²) in [5, 5.41) is 0. The monoisotopic (exact) mass is 242 g/mol. The molecular formula is C16H34O. The molecule has 0 rings (SSSR count). The van der Waals surface area contributed by atoms with Crippen LogP contribution in [0.3, 0.4) is 0 Å². The van der Waals surface area contributed by atoms with Crippen LogP contribution in [-0.4, -0.2) is 12.2 Å². The molecule has 1 heteroatoms. The van der Waals surface area contributed by atoms with Crippen molar-refractivity contribution in [2.45, 2.75) is 92.3 Å². The molecule has 1 nitrogen and oxygen atoms in total. The van der Waals surface area contributed by atoms with Gasteiger partial charge < -0.3 is 4.74 Å². The zero-order valence-corrected chi connectivity index (χ0v) is 13.0. The quantitative estimate of drug-likeness (QED) is 0.496. The van der Waals surface area contributed by atoms with E-state index < -0.39 is 0 Å². The van der Waals surface area contributed by atoms with Gasteiger partial charge in [0.25, 0.3) is 0 Å². The summed E-state index contributed by atoms with van der Waals surface area (Å²) in [6.07, 6.45) is 8.23. The highest BCUT2D eigenvalue weighted by Crippen LogP contribution is 2.26. The molecule has 0 aliphatic rings. The lowest BCUT2D eigenvalue weighted by atomic mass is 9.91. The molecule has 17 heavy (non-hydrogen) atoms. The second-order valence-corrected chi connectivity index (χ2v) is 5.18. The molecule has 0 aliphatic carbocycles. The maximum atomic E-state index is 6.44. The average Bonchev–Trinajstić information content (AvgIpc) is 2.37. The molecule has 0 aromatic heterocycles. The lowest BCUT2D eigenvalue weighted by Crippen LogP contribution is -2.32. The smallest absolute Gasteiger partial charge is 0.0604 e. The Bertz CT molecular complexity index is 141. The first-order valence-electron chi connectivity index (χ1n) is 7.83. The van der Waals surface area contributed by atoms with Crippen molar-refractivity contribution in [1.82, 2.24) is 0 Å². The Morgan fingerprint density at radius 1 is 0.529 bits per heavy atom. The van der Waals surface area contributed by atoms with Gasteiger partial charge in [0.05, 0.1) is 12.2 Å². The minimum Gasteiger partial charge on any atom is -0.374 e. The molecule has 0 heterocycles. The van der Waals surface area contributed by atoms with Crippen LogP contribution in [0.4, 0.5) is 0 Å². The summed E-state index contributed by atoms with van der Waals surface area (Å²) >= 11 is 0. The molecule has 0 aromatic carbocycles. The van der Waals surface area contributed by atoms with Gasteiger partial charge in [-0.3, -0.25) is 0 Å². The second kappa shape index (κ2) is 9.94. The van der Waals surface area contributed by atoms with Gasteiger partial charge in [0, 0.05) is 0 Å². The highest BCUT2D eigenvalue weighted by molar-refractivity contribution is 4.73. The van der Waals surface area contributed by atoms with Crippen molar-refractivity contribution in [2.75, 3.05) is 0 Å². The first kappa shape index (κ1) is 17.0. The van der Waals surface area contributed by atoms with Gasteiger partial charge in [0.1, 0.15) is 0 Å². The average molecular weight is 242 g/mol. The van der Waals surface area contributed by atoms with Gasteiger partial charge in [-0.1, -0.05) is 67.2 Å². The van der Waals surface area contributed by atoms with Crippen LogP contribution in [0, 0.1) is 11.8 Å². The van der Waals surface area contributed by atoms with Gasteiger partial charge >= 0.3 is 0 Å². The van der Waals surface area contributed by atoms with Crippen molar-refractivity contribution in [3.8, 4) is 0 Å². The predicted octanol–water partition coefficient (Wildman–Crippen LogP) is 5.43. The molecule has 0 N–H and O–H groups in total. The van der Waals surface area contributed by atoms with E-state index in [4.69, 9.17) is 4.74 Å². The van der Waals surface area contributed by atoms with Gasteiger partial charge in [-0.2, -0.15) is 0 Å². The highest BCUT2D eigenvalue weighted by Gasteiger charge is 2.24. The number of hydrogen-bond acceptors (Lipinski definition) is 1. The number of hydrogen-bond donors (Lipinski definition) is 0. The van der Waals surface area contributed by atoms with Gasteiger partial charge in [0.15, 0.2) is 0 Å². The maximum Gasteiger partial charge on any atom is 0.0604 e. The largest absolute Gasteiger partial charge is 0.374 e. The van der Waals surface area contributed by atoms with Crippen LogP contribution in [0.2, 0.25) is 0 Å². The Hall–Kier alpha value is -0.0400. The predicted molar refractivity (Wildman–Crippen MR) is 77.4 cm³/mol. The highest BCUT2D eigenvalue weighted by atomic mass is 16.5. The van der Waals surface area contributed by atoms with Crippen LogP contribution in [0.1, 0.15) is 80.1 Å². The van der Waals surface area contributed by atoms with Crippen LogP contribution < -0.4 is 0 Å². The SMILES string of the molecule is CCC(CC)C(CC)OC(CC)C(CC)CC. The molecule has 104 valence electrons. The summed E-state index contributed by atoms with van der Waals surface area (Å²) in [7, 11) is 0. The molecule has 0 spiro atoms. The lowest BCUT2D eigenvalue weighted by molar-refractivity contribution is -0.0744. The molecule has 2 unspecified atom stereocenters. The lowest BCUT2D eigenvalue weighted by Gasteiger charge is -2.32. The fourth-order valence-electron chi connectivity index (χ4n) is 2.93. The van der Waals surface area contributed by atoms with E-state index in [-0.39, 0.29) is 0 Å². The fraction of sp³-hybridized carbons (Fsp3) is 1.00. The van der Waals surface area contributed by atoms with E-state index in [0.29, 0.717) is 12.2 Å². The third-order valence-electron chi connectivity index (χ3n) is 4.30. The summed E-state index contributed by atoms with van der Waals surface area (Å²) in [5.41, 5.74) is 0. The Morgan fingerprint density at radius 2 is 0.824 bits per heavy atom.